The van der Waals surface area contributed by atoms with E-state index in [1.165, 1.54) is 19.3 Å². The number of hydrogen-bond acceptors (Lipinski definition) is 1. The molecule has 0 aromatic heterocycles. The Morgan fingerprint density at radius 3 is 1.75 bits per heavy atom. The molecule has 1 fully saturated rings. The summed E-state index contributed by atoms with van der Waals surface area (Å²) in [6, 6.07) is 1.39. The molecule has 0 aliphatic carbocycles. The molecule has 0 aromatic carbocycles. The Bertz CT molecular complexity index is 149. The SMILES string of the molecule is CC1CCCC(C)N1[Si](Br)(Br)Br. The molecule has 0 spiro atoms. The molecule has 0 amide bonds. The smallest absolute Gasteiger partial charge is 0.293 e. The van der Waals surface area contributed by atoms with Crippen LogP contribution in [0.3, 0.4) is 0 Å². The summed E-state index contributed by atoms with van der Waals surface area (Å²) in [7, 11) is 0. The fraction of sp³-hybridized carbons (Fsp3) is 1.00. The highest BCUT2D eigenvalue weighted by molar-refractivity contribution is 9.71. The van der Waals surface area contributed by atoms with E-state index in [0.717, 1.165) is 0 Å². The fourth-order valence-corrected chi connectivity index (χ4v) is 9.47. The van der Waals surface area contributed by atoms with Crippen LogP contribution in [0.2, 0.25) is 0 Å². The van der Waals surface area contributed by atoms with E-state index in [-0.39, 0.29) is 0 Å². The summed E-state index contributed by atoms with van der Waals surface area (Å²) in [4.78, 5) is 0. The minimum absolute atomic E-state index is 0.693. The van der Waals surface area contributed by atoms with Crippen LogP contribution >= 0.6 is 45.9 Å². The highest BCUT2D eigenvalue weighted by atomic mass is 80.0. The third-order valence-electron chi connectivity index (χ3n) is 2.49. The Balaban J connectivity index is 2.69. The van der Waals surface area contributed by atoms with Crippen LogP contribution in [-0.2, 0) is 0 Å². The van der Waals surface area contributed by atoms with Crippen molar-refractivity contribution >= 4 is 50.0 Å². The van der Waals surface area contributed by atoms with Gasteiger partial charge in [0, 0.05) is 12.1 Å². The molecule has 2 unspecified atom stereocenters. The first-order chi connectivity index (χ1) is 5.43. The molecule has 0 aromatic rings. The van der Waals surface area contributed by atoms with Crippen molar-refractivity contribution in [3.8, 4) is 0 Å². The summed E-state index contributed by atoms with van der Waals surface area (Å²) < 4.78 is 0.940. The lowest BCUT2D eigenvalue weighted by Gasteiger charge is -2.43. The average Bonchev–Trinajstić information content (AvgIpc) is 1.82. The van der Waals surface area contributed by atoms with Gasteiger partial charge in [-0.15, -0.1) is 0 Å². The van der Waals surface area contributed by atoms with Crippen molar-refractivity contribution in [1.29, 1.82) is 0 Å². The van der Waals surface area contributed by atoms with E-state index < -0.39 is 4.09 Å². The molecule has 1 rings (SSSR count). The first kappa shape index (κ1) is 11.7. The van der Waals surface area contributed by atoms with Gasteiger partial charge >= 0.3 is 4.09 Å². The second-order valence-corrected chi connectivity index (χ2v) is 24.9. The number of rotatable bonds is 1. The Morgan fingerprint density at radius 1 is 1.08 bits per heavy atom. The first-order valence-electron chi connectivity index (χ1n) is 4.28. The van der Waals surface area contributed by atoms with Crippen LogP contribution in [0, 0.1) is 0 Å². The summed E-state index contributed by atoms with van der Waals surface area (Å²) in [5, 5.41) is 0. The van der Waals surface area contributed by atoms with Crippen LogP contribution in [0.15, 0.2) is 0 Å². The second kappa shape index (κ2) is 4.42. The van der Waals surface area contributed by atoms with Gasteiger partial charge in [-0.3, -0.25) is 4.57 Å². The third-order valence-corrected chi connectivity index (χ3v) is 7.64. The summed E-state index contributed by atoms with van der Waals surface area (Å²) in [5.74, 6) is 0. The number of nitrogens with zero attached hydrogens (tertiary/aromatic N) is 1. The summed E-state index contributed by atoms with van der Waals surface area (Å²) in [6.07, 6.45) is 4.01. The van der Waals surface area contributed by atoms with E-state index in [0.29, 0.717) is 12.1 Å². The summed E-state index contributed by atoms with van der Waals surface area (Å²) >= 11 is 11.2. The summed E-state index contributed by atoms with van der Waals surface area (Å²) in [6.45, 7) is 4.61. The van der Waals surface area contributed by atoms with Crippen molar-refractivity contribution in [3.05, 3.63) is 0 Å². The highest BCUT2D eigenvalue weighted by Gasteiger charge is 2.40. The molecule has 0 saturated carbocycles. The highest BCUT2D eigenvalue weighted by Crippen LogP contribution is 2.38. The van der Waals surface area contributed by atoms with Gasteiger partial charge in [0.05, 0.1) is 0 Å². The van der Waals surface area contributed by atoms with E-state index in [9.17, 15) is 0 Å². The van der Waals surface area contributed by atoms with Gasteiger partial charge in [-0.2, -0.15) is 0 Å². The maximum absolute atomic E-state index is 3.72. The molecule has 72 valence electrons. The van der Waals surface area contributed by atoms with Gasteiger partial charge in [-0.1, -0.05) is 66.1 Å². The van der Waals surface area contributed by atoms with Gasteiger partial charge < -0.3 is 0 Å². The predicted octanol–water partition coefficient (Wildman–Crippen LogP) is 3.87. The molecule has 12 heavy (non-hydrogen) atoms. The van der Waals surface area contributed by atoms with Crippen LogP contribution in [-0.4, -0.2) is 20.7 Å². The maximum atomic E-state index is 3.72. The van der Waals surface area contributed by atoms with Gasteiger partial charge in [0.25, 0.3) is 0 Å². The lowest BCUT2D eigenvalue weighted by atomic mass is 10.0. The molecular weight excluding hydrogens is 366 g/mol. The van der Waals surface area contributed by atoms with Crippen molar-refractivity contribution in [2.24, 2.45) is 0 Å². The van der Waals surface area contributed by atoms with Crippen LogP contribution in [0.1, 0.15) is 33.1 Å². The zero-order valence-electron chi connectivity index (χ0n) is 7.36. The van der Waals surface area contributed by atoms with E-state index in [1.54, 1.807) is 0 Å². The molecule has 1 aliphatic heterocycles. The van der Waals surface area contributed by atoms with Gasteiger partial charge in [0.2, 0.25) is 0 Å². The third kappa shape index (κ3) is 2.80. The quantitative estimate of drug-likeness (QED) is 0.493. The Hall–Kier alpha value is 1.62. The van der Waals surface area contributed by atoms with Crippen LogP contribution in [0.25, 0.3) is 0 Å². The maximum Gasteiger partial charge on any atom is 0.345 e. The van der Waals surface area contributed by atoms with Crippen LogP contribution in [0.4, 0.5) is 0 Å². The zero-order chi connectivity index (χ0) is 9.35. The number of halogens is 3. The molecular formula is C7H14Br3NSi. The van der Waals surface area contributed by atoms with Gasteiger partial charge in [0.15, 0.2) is 0 Å². The molecule has 1 aliphatic rings. The largest absolute Gasteiger partial charge is 0.345 e. The fourth-order valence-electron chi connectivity index (χ4n) is 1.92. The zero-order valence-corrected chi connectivity index (χ0v) is 13.1. The van der Waals surface area contributed by atoms with Crippen molar-refractivity contribution in [3.63, 3.8) is 0 Å². The van der Waals surface area contributed by atoms with Crippen molar-refractivity contribution in [2.45, 2.75) is 45.2 Å². The lowest BCUT2D eigenvalue weighted by Crippen LogP contribution is -2.52. The monoisotopic (exact) mass is 377 g/mol. The normalized spacial score (nSPS) is 33.8. The van der Waals surface area contributed by atoms with Gasteiger partial charge in [0.1, 0.15) is 0 Å². The van der Waals surface area contributed by atoms with Crippen molar-refractivity contribution in [2.75, 3.05) is 0 Å². The summed E-state index contributed by atoms with van der Waals surface area (Å²) in [5.41, 5.74) is 0. The van der Waals surface area contributed by atoms with Gasteiger partial charge in [-0.25, -0.2) is 0 Å². The van der Waals surface area contributed by atoms with Crippen molar-refractivity contribution in [1.82, 2.24) is 4.57 Å². The Labute approximate surface area is 99.1 Å². The number of hydrogen-bond donors (Lipinski definition) is 0. The topological polar surface area (TPSA) is 3.24 Å². The molecule has 1 saturated heterocycles. The first-order valence-corrected chi connectivity index (χ1v) is 13.0. The minimum atomic E-state index is -1.61. The molecule has 5 heteroatoms. The van der Waals surface area contributed by atoms with Crippen LogP contribution < -0.4 is 0 Å². The Kier molecular flexibility index (Phi) is 4.31. The minimum Gasteiger partial charge on any atom is -0.293 e. The van der Waals surface area contributed by atoms with Crippen molar-refractivity contribution < 1.29 is 0 Å². The second-order valence-electron chi connectivity index (χ2n) is 3.50. The van der Waals surface area contributed by atoms with E-state index >= 15 is 0 Å². The van der Waals surface area contributed by atoms with Crippen LogP contribution in [0.5, 0.6) is 0 Å². The molecule has 0 radical (unpaired) electrons. The average molecular weight is 380 g/mol. The van der Waals surface area contributed by atoms with Gasteiger partial charge in [-0.05, 0) is 12.8 Å². The lowest BCUT2D eigenvalue weighted by molar-refractivity contribution is 0.207. The van der Waals surface area contributed by atoms with E-state index in [4.69, 9.17) is 0 Å². The molecule has 0 bridgehead atoms. The molecule has 1 nitrogen and oxygen atoms in total. The standard InChI is InChI=1S/C7H14Br3NSi/c1-6-4-3-5-7(2)11(6)12(8,9)10/h6-7H,3-5H2,1-2H3. The molecule has 1 heterocycles. The molecule has 0 N–H and O–H groups in total. The number of piperidine rings is 1. The van der Waals surface area contributed by atoms with E-state index in [2.05, 4.69) is 64.3 Å². The Morgan fingerprint density at radius 2 is 1.50 bits per heavy atom. The van der Waals surface area contributed by atoms with E-state index in [1.807, 2.05) is 0 Å². The predicted molar refractivity (Wildman–Crippen MR) is 67.1 cm³/mol. The molecule has 2 atom stereocenters.